The van der Waals surface area contributed by atoms with Crippen molar-refractivity contribution in [2.45, 2.75) is 17.8 Å². The van der Waals surface area contributed by atoms with Crippen molar-refractivity contribution in [3.8, 4) is 0 Å². The van der Waals surface area contributed by atoms with Crippen molar-refractivity contribution in [1.82, 2.24) is 19.2 Å². The Bertz CT molecular complexity index is 1000. The number of rotatable bonds is 3. The Morgan fingerprint density at radius 3 is 2.61 bits per heavy atom. The van der Waals surface area contributed by atoms with E-state index in [1.165, 1.54) is 24.2 Å². The molecule has 2 aromatic carbocycles. The van der Waals surface area contributed by atoms with Crippen LogP contribution in [-0.4, -0.2) is 25.1 Å². The van der Waals surface area contributed by atoms with Gasteiger partial charge < -0.3 is 0 Å². The Kier molecular flexibility index (Phi) is 3.38. The van der Waals surface area contributed by atoms with Gasteiger partial charge >= 0.3 is 0 Å². The zero-order valence-electron chi connectivity index (χ0n) is 12.5. The predicted octanol–water partition coefficient (Wildman–Crippen LogP) is 3.64. The summed E-state index contributed by atoms with van der Waals surface area (Å²) < 4.78 is 3.32. The summed E-state index contributed by atoms with van der Waals surface area (Å²) in [6.45, 7) is 1.54. The topological polar surface area (TPSA) is 52.2 Å². The molecule has 5 nitrogen and oxygen atoms in total. The molecule has 0 spiro atoms. The van der Waals surface area contributed by atoms with Crippen molar-refractivity contribution in [1.29, 1.82) is 0 Å². The van der Waals surface area contributed by atoms with Crippen molar-refractivity contribution in [3.05, 3.63) is 60.2 Å². The number of carbonyl (C=O) groups excluding carboxylic acids is 1. The summed E-state index contributed by atoms with van der Waals surface area (Å²) in [5, 5.41) is 5.26. The van der Waals surface area contributed by atoms with E-state index in [0.717, 1.165) is 16.8 Å². The molecule has 4 rings (SSSR count). The number of fused-ring (bicyclic) bond motifs is 3. The molecule has 0 saturated heterocycles. The van der Waals surface area contributed by atoms with E-state index in [1.807, 2.05) is 42.5 Å². The van der Waals surface area contributed by atoms with E-state index in [1.54, 1.807) is 9.08 Å². The third-order valence-corrected chi connectivity index (χ3v) is 4.62. The summed E-state index contributed by atoms with van der Waals surface area (Å²) in [4.78, 5) is 16.6. The summed E-state index contributed by atoms with van der Waals surface area (Å²) in [7, 11) is 0. The van der Waals surface area contributed by atoms with Crippen LogP contribution < -0.4 is 0 Å². The molecule has 4 aromatic rings. The summed E-state index contributed by atoms with van der Waals surface area (Å²) >= 11 is 1.54. The maximum Gasteiger partial charge on any atom is 0.241 e. The summed E-state index contributed by atoms with van der Waals surface area (Å²) in [6.07, 6.45) is 0. The van der Waals surface area contributed by atoms with E-state index in [9.17, 15) is 4.79 Å². The molecule has 2 heterocycles. The molecule has 0 bridgehead atoms. The zero-order valence-corrected chi connectivity index (χ0v) is 13.3. The molecule has 0 amide bonds. The van der Waals surface area contributed by atoms with Crippen LogP contribution in [0.4, 0.5) is 0 Å². The summed E-state index contributed by atoms with van der Waals surface area (Å²) in [5.41, 5.74) is 2.94. The Balaban J connectivity index is 1.79. The fraction of sp³-hybridized carbons (Fsp3) is 0.118. The number of para-hydroxylation sites is 2. The van der Waals surface area contributed by atoms with Crippen LogP contribution in [0.15, 0.2) is 59.8 Å². The van der Waals surface area contributed by atoms with Crippen molar-refractivity contribution in [2.75, 3.05) is 0 Å². The van der Waals surface area contributed by atoms with Crippen molar-refractivity contribution in [3.63, 3.8) is 0 Å². The second kappa shape index (κ2) is 5.55. The monoisotopic (exact) mass is 322 g/mol. The van der Waals surface area contributed by atoms with Gasteiger partial charge in [-0.3, -0.25) is 4.79 Å². The van der Waals surface area contributed by atoms with Crippen LogP contribution in [0.25, 0.3) is 16.8 Å². The highest BCUT2D eigenvalue weighted by atomic mass is 32.2. The van der Waals surface area contributed by atoms with Gasteiger partial charge in [-0.15, -0.1) is 5.10 Å². The van der Waals surface area contributed by atoms with E-state index < -0.39 is 0 Å². The lowest BCUT2D eigenvalue weighted by molar-refractivity contribution is 0.0931. The average molecular weight is 322 g/mol. The Hall–Kier alpha value is -2.60. The summed E-state index contributed by atoms with van der Waals surface area (Å²) in [5.74, 6) is 1.24. The third kappa shape index (κ3) is 2.41. The maximum atomic E-state index is 12.1. The van der Waals surface area contributed by atoms with Crippen LogP contribution in [0.1, 0.15) is 17.3 Å². The van der Waals surface area contributed by atoms with Gasteiger partial charge in [-0.2, -0.15) is 4.52 Å². The molecular formula is C17H14N4OS. The van der Waals surface area contributed by atoms with Gasteiger partial charge in [0.15, 0.2) is 5.16 Å². The van der Waals surface area contributed by atoms with Crippen molar-refractivity contribution >= 4 is 34.5 Å². The first kappa shape index (κ1) is 14.0. The standard InChI is InChI=1S/C17H14N4OS/c1-12(22)20-16-18-14-9-5-6-10-15(14)21(16)19-17(20)23-11-13-7-3-2-4-8-13/h2-10H,11H2,1H3. The number of nitrogens with zero attached hydrogens (tertiary/aromatic N) is 4. The number of benzene rings is 2. The largest absolute Gasteiger partial charge is 0.274 e. The Labute approximate surface area is 136 Å². The smallest absolute Gasteiger partial charge is 0.241 e. The molecule has 6 heteroatoms. The number of hydrogen-bond acceptors (Lipinski definition) is 4. The summed E-state index contributed by atoms with van der Waals surface area (Å²) in [6, 6.07) is 17.9. The average Bonchev–Trinajstić information content (AvgIpc) is 3.09. The van der Waals surface area contributed by atoms with Crippen LogP contribution in [0.5, 0.6) is 0 Å². The van der Waals surface area contributed by atoms with Gasteiger partial charge in [-0.25, -0.2) is 9.55 Å². The molecule has 0 radical (unpaired) electrons. The van der Waals surface area contributed by atoms with Crippen LogP contribution in [-0.2, 0) is 5.75 Å². The van der Waals surface area contributed by atoms with Crippen LogP contribution >= 0.6 is 11.8 Å². The predicted molar refractivity (Wildman–Crippen MR) is 90.8 cm³/mol. The molecule has 0 aliphatic rings. The lowest BCUT2D eigenvalue weighted by Gasteiger charge is -2.02. The van der Waals surface area contributed by atoms with Gasteiger partial charge in [0.1, 0.15) is 0 Å². The fourth-order valence-corrected chi connectivity index (χ4v) is 3.52. The molecule has 0 atom stereocenters. The van der Waals surface area contributed by atoms with Gasteiger partial charge in [0.2, 0.25) is 11.7 Å². The number of carbonyl (C=O) groups is 1. The van der Waals surface area contributed by atoms with Gasteiger partial charge in [0, 0.05) is 12.7 Å². The molecule has 0 fully saturated rings. The second-order valence-electron chi connectivity index (χ2n) is 5.22. The second-order valence-corrected chi connectivity index (χ2v) is 6.17. The molecule has 0 aliphatic heterocycles. The van der Waals surface area contributed by atoms with E-state index in [0.29, 0.717) is 10.9 Å². The SMILES string of the molecule is CC(=O)n1c(SCc2ccccc2)nn2c3ccccc3nc12. The third-order valence-electron chi connectivity index (χ3n) is 3.62. The van der Waals surface area contributed by atoms with E-state index in [-0.39, 0.29) is 5.91 Å². The van der Waals surface area contributed by atoms with Gasteiger partial charge in [0.05, 0.1) is 11.0 Å². The molecule has 0 unspecified atom stereocenters. The van der Waals surface area contributed by atoms with Crippen molar-refractivity contribution < 1.29 is 4.79 Å². The Morgan fingerprint density at radius 2 is 1.83 bits per heavy atom. The fourth-order valence-electron chi connectivity index (χ4n) is 2.55. The molecule has 23 heavy (non-hydrogen) atoms. The molecule has 0 saturated carbocycles. The highest BCUT2D eigenvalue weighted by Gasteiger charge is 2.18. The first-order chi connectivity index (χ1) is 11.2. The van der Waals surface area contributed by atoms with E-state index in [2.05, 4.69) is 22.2 Å². The number of aromatic nitrogens is 4. The highest BCUT2D eigenvalue weighted by Crippen LogP contribution is 2.25. The van der Waals surface area contributed by atoms with E-state index in [4.69, 9.17) is 0 Å². The molecule has 0 N–H and O–H groups in total. The van der Waals surface area contributed by atoms with Gasteiger partial charge in [-0.05, 0) is 17.7 Å². The molecule has 0 aliphatic carbocycles. The number of hydrogen-bond donors (Lipinski definition) is 0. The molecule has 114 valence electrons. The maximum absolute atomic E-state index is 12.1. The van der Waals surface area contributed by atoms with Gasteiger partial charge in [0.25, 0.3) is 0 Å². The minimum Gasteiger partial charge on any atom is -0.274 e. The van der Waals surface area contributed by atoms with Crippen LogP contribution in [0.2, 0.25) is 0 Å². The lowest BCUT2D eigenvalue weighted by atomic mass is 10.2. The quantitative estimate of drug-likeness (QED) is 0.540. The minimum atomic E-state index is -0.0848. The normalized spacial score (nSPS) is 11.3. The first-order valence-corrected chi connectivity index (χ1v) is 8.26. The van der Waals surface area contributed by atoms with Crippen LogP contribution in [0, 0.1) is 0 Å². The first-order valence-electron chi connectivity index (χ1n) is 7.28. The molecule has 2 aromatic heterocycles. The lowest BCUT2D eigenvalue weighted by Crippen LogP contribution is -2.07. The zero-order chi connectivity index (χ0) is 15.8. The highest BCUT2D eigenvalue weighted by molar-refractivity contribution is 7.98. The molecular weight excluding hydrogens is 308 g/mol. The van der Waals surface area contributed by atoms with E-state index >= 15 is 0 Å². The number of thioether (sulfide) groups is 1. The van der Waals surface area contributed by atoms with Gasteiger partial charge in [-0.1, -0.05) is 54.2 Å². The minimum absolute atomic E-state index is 0.0848. The Morgan fingerprint density at radius 1 is 1.09 bits per heavy atom. The van der Waals surface area contributed by atoms with Crippen LogP contribution in [0.3, 0.4) is 0 Å². The van der Waals surface area contributed by atoms with Crippen molar-refractivity contribution in [2.24, 2.45) is 0 Å². The number of imidazole rings is 1.